The second-order valence-electron chi connectivity index (χ2n) is 4.55. The van der Waals surface area contributed by atoms with Gasteiger partial charge in [0.05, 0.1) is 11.2 Å². The summed E-state index contributed by atoms with van der Waals surface area (Å²) >= 11 is 5.00. The van der Waals surface area contributed by atoms with Crippen molar-refractivity contribution in [2.45, 2.75) is 6.92 Å². The van der Waals surface area contributed by atoms with E-state index in [1.807, 2.05) is 0 Å². The van der Waals surface area contributed by atoms with E-state index in [1.165, 1.54) is 24.5 Å². The molecule has 0 spiro atoms. The van der Waals surface area contributed by atoms with Crippen molar-refractivity contribution in [3.05, 3.63) is 64.1 Å². The average Bonchev–Trinajstić information content (AvgIpc) is 3.00. The van der Waals surface area contributed by atoms with Crippen LogP contribution in [0.25, 0.3) is 6.08 Å². The number of nitrogens with one attached hydrogen (secondary N) is 2. The van der Waals surface area contributed by atoms with Crippen molar-refractivity contribution in [1.29, 1.82) is 0 Å². The number of hydrogen-bond donors (Lipinski definition) is 2. The molecule has 0 fully saturated rings. The second kappa shape index (κ2) is 7.32. The number of rotatable bonds is 4. The molecule has 1 heterocycles. The van der Waals surface area contributed by atoms with E-state index in [9.17, 15) is 14.9 Å². The number of amides is 1. The van der Waals surface area contributed by atoms with Crippen molar-refractivity contribution in [3.8, 4) is 0 Å². The van der Waals surface area contributed by atoms with E-state index in [4.69, 9.17) is 16.6 Å². The fourth-order valence-electron chi connectivity index (χ4n) is 1.74. The van der Waals surface area contributed by atoms with Gasteiger partial charge in [-0.15, -0.1) is 0 Å². The number of carbonyl (C=O) groups excluding carboxylic acids is 1. The van der Waals surface area contributed by atoms with Crippen LogP contribution in [0.1, 0.15) is 11.3 Å². The van der Waals surface area contributed by atoms with E-state index in [1.54, 1.807) is 31.2 Å². The number of nitro groups is 1. The molecule has 0 radical (unpaired) electrons. The molecule has 0 bridgehead atoms. The Morgan fingerprint density at radius 1 is 1.39 bits per heavy atom. The average molecular weight is 331 g/mol. The topological polar surface area (TPSA) is 97.4 Å². The Hall–Kier alpha value is -3.00. The number of furan rings is 1. The quantitative estimate of drug-likeness (QED) is 0.387. The highest BCUT2D eigenvalue weighted by atomic mass is 32.1. The Bertz CT molecular complexity index is 769. The summed E-state index contributed by atoms with van der Waals surface area (Å²) in [6, 6.07) is 7.99. The first kappa shape index (κ1) is 16.4. The van der Waals surface area contributed by atoms with Gasteiger partial charge in [-0.2, -0.15) is 0 Å². The Labute approximate surface area is 137 Å². The van der Waals surface area contributed by atoms with Crippen LogP contribution in [0, 0.1) is 17.0 Å². The third-order valence-corrected chi connectivity index (χ3v) is 3.05. The lowest BCUT2D eigenvalue weighted by Crippen LogP contribution is -2.32. The first-order valence-corrected chi connectivity index (χ1v) is 6.95. The SMILES string of the molecule is Cc1ccc(NC(=S)NC(=O)C=Cc2ccco2)cc1[N+](=O)[O-]. The summed E-state index contributed by atoms with van der Waals surface area (Å²) in [5, 5.41) is 16.1. The van der Waals surface area contributed by atoms with E-state index in [0.29, 0.717) is 17.0 Å². The highest BCUT2D eigenvalue weighted by molar-refractivity contribution is 7.80. The molecular weight excluding hydrogens is 318 g/mol. The zero-order valence-corrected chi connectivity index (χ0v) is 12.9. The molecule has 0 aliphatic carbocycles. The van der Waals surface area contributed by atoms with Crippen molar-refractivity contribution in [1.82, 2.24) is 5.32 Å². The highest BCUT2D eigenvalue weighted by Gasteiger charge is 2.11. The van der Waals surface area contributed by atoms with Crippen molar-refractivity contribution >= 4 is 40.7 Å². The zero-order valence-electron chi connectivity index (χ0n) is 12.1. The van der Waals surface area contributed by atoms with Gasteiger partial charge in [-0.1, -0.05) is 6.07 Å². The zero-order chi connectivity index (χ0) is 16.8. The molecule has 0 atom stereocenters. The van der Waals surface area contributed by atoms with Crippen LogP contribution in [0.2, 0.25) is 0 Å². The standard InChI is InChI=1S/C15H13N3O4S/c1-10-4-5-11(9-13(10)18(20)21)16-15(23)17-14(19)7-6-12-3-2-8-22-12/h2-9H,1H3,(H2,16,17,19,23). The van der Waals surface area contributed by atoms with Gasteiger partial charge in [0.1, 0.15) is 5.76 Å². The third kappa shape index (κ3) is 4.75. The maximum Gasteiger partial charge on any atom is 0.274 e. The molecule has 0 saturated heterocycles. The van der Waals surface area contributed by atoms with E-state index < -0.39 is 10.8 Å². The van der Waals surface area contributed by atoms with E-state index in [0.717, 1.165) is 0 Å². The van der Waals surface area contributed by atoms with Gasteiger partial charge in [-0.3, -0.25) is 20.2 Å². The van der Waals surface area contributed by atoms with Crippen LogP contribution < -0.4 is 10.6 Å². The first-order chi connectivity index (χ1) is 11.0. The fraction of sp³-hybridized carbons (Fsp3) is 0.0667. The van der Waals surface area contributed by atoms with E-state index >= 15 is 0 Å². The van der Waals surface area contributed by atoms with Crippen LogP contribution in [-0.2, 0) is 4.79 Å². The molecule has 0 saturated carbocycles. The number of anilines is 1. The lowest BCUT2D eigenvalue weighted by molar-refractivity contribution is -0.385. The van der Waals surface area contributed by atoms with Gasteiger partial charge in [0.2, 0.25) is 5.91 Å². The maximum absolute atomic E-state index is 11.7. The summed E-state index contributed by atoms with van der Waals surface area (Å²) in [5.74, 6) is 0.0914. The molecule has 1 aromatic carbocycles. The maximum atomic E-state index is 11.7. The van der Waals surface area contributed by atoms with Gasteiger partial charge in [0.25, 0.3) is 5.69 Å². The van der Waals surface area contributed by atoms with Crippen LogP contribution in [-0.4, -0.2) is 15.9 Å². The number of nitro benzene ring substituents is 1. The van der Waals surface area contributed by atoms with Gasteiger partial charge in [-0.25, -0.2) is 0 Å². The molecule has 1 amide bonds. The first-order valence-electron chi connectivity index (χ1n) is 6.54. The highest BCUT2D eigenvalue weighted by Crippen LogP contribution is 2.22. The van der Waals surface area contributed by atoms with Gasteiger partial charge in [0, 0.05) is 23.4 Å². The van der Waals surface area contributed by atoms with Crippen LogP contribution in [0.4, 0.5) is 11.4 Å². The number of benzene rings is 1. The summed E-state index contributed by atoms with van der Waals surface area (Å²) in [6.45, 7) is 1.64. The molecule has 23 heavy (non-hydrogen) atoms. The summed E-state index contributed by atoms with van der Waals surface area (Å²) in [6.07, 6.45) is 4.26. The molecular formula is C15H13N3O4S. The normalized spacial score (nSPS) is 10.5. The molecule has 2 N–H and O–H groups in total. The summed E-state index contributed by atoms with van der Waals surface area (Å²) in [7, 11) is 0. The minimum absolute atomic E-state index is 0.0261. The Balaban J connectivity index is 1.95. The smallest absolute Gasteiger partial charge is 0.274 e. The molecule has 1 aromatic heterocycles. The fourth-order valence-corrected chi connectivity index (χ4v) is 1.96. The number of nitrogens with zero attached hydrogens (tertiary/aromatic N) is 1. The van der Waals surface area contributed by atoms with E-state index in [-0.39, 0.29) is 10.8 Å². The van der Waals surface area contributed by atoms with E-state index in [2.05, 4.69) is 10.6 Å². The molecule has 0 unspecified atom stereocenters. The molecule has 2 aromatic rings. The van der Waals surface area contributed by atoms with Gasteiger partial charge >= 0.3 is 0 Å². The van der Waals surface area contributed by atoms with Crippen LogP contribution in [0.15, 0.2) is 47.1 Å². The lowest BCUT2D eigenvalue weighted by Gasteiger charge is -2.08. The summed E-state index contributed by atoms with van der Waals surface area (Å²) in [5.41, 5.74) is 0.932. The molecule has 8 heteroatoms. The molecule has 7 nitrogen and oxygen atoms in total. The van der Waals surface area contributed by atoms with Gasteiger partial charge < -0.3 is 9.73 Å². The minimum atomic E-state index is -0.478. The molecule has 0 aliphatic heterocycles. The number of thiocarbonyl (C=S) groups is 1. The molecule has 2 rings (SSSR count). The number of hydrogen-bond acceptors (Lipinski definition) is 5. The third-order valence-electron chi connectivity index (χ3n) is 2.84. The van der Waals surface area contributed by atoms with Gasteiger partial charge in [0.15, 0.2) is 5.11 Å². The Morgan fingerprint density at radius 2 is 2.17 bits per heavy atom. The molecule has 118 valence electrons. The van der Waals surface area contributed by atoms with Gasteiger partial charge in [-0.05, 0) is 43.4 Å². The van der Waals surface area contributed by atoms with Crippen LogP contribution in [0.5, 0.6) is 0 Å². The largest absolute Gasteiger partial charge is 0.465 e. The predicted octanol–water partition coefficient (Wildman–Crippen LogP) is 3.02. The van der Waals surface area contributed by atoms with Crippen molar-refractivity contribution < 1.29 is 14.1 Å². The summed E-state index contributed by atoms with van der Waals surface area (Å²) < 4.78 is 5.05. The monoisotopic (exact) mass is 331 g/mol. The van der Waals surface area contributed by atoms with Crippen molar-refractivity contribution in [3.63, 3.8) is 0 Å². The lowest BCUT2D eigenvalue weighted by atomic mass is 10.2. The van der Waals surface area contributed by atoms with Crippen molar-refractivity contribution in [2.75, 3.05) is 5.32 Å². The van der Waals surface area contributed by atoms with Crippen molar-refractivity contribution in [2.24, 2.45) is 0 Å². The van der Waals surface area contributed by atoms with Crippen LogP contribution >= 0.6 is 12.2 Å². The Morgan fingerprint density at radius 3 is 2.83 bits per heavy atom. The predicted molar refractivity (Wildman–Crippen MR) is 89.9 cm³/mol. The number of carbonyl (C=O) groups is 1. The Kier molecular flexibility index (Phi) is 5.21. The molecule has 0 aliphatic rings. The number of aryl methyl sites for hydroxylation is 1. The van der Waals surface area contributed by atoms with Crippen LogP contribution in [0.3, 0.4) is 0 Å². The minimum Gasteiger partial charge on any atom is -0.465 e. The second-order valence-corrected chi connectivity index (χ2v) is 4.96. The summed E-state index contributed by atoms with van der Waals surface area (Å²) in [4.78, 5) is 22.1.